The van der Waals surface area contributed by atoms with E-state index in [2.05, 4.69) is 80.6 Å². The van der Waals surface area contributed by atoms with Crippen LogP contribution in [0.15, 0.2) is 66.7 Å². The van der Waals surface area contributed by atoms with E-state index in [-0.39, 0.29) is 3.63 Å². The molecule has 26 heavy (non-hydrogen) atoms. The summed E-state index contributed by atoms with van der Waals surface area (Å²) >= 11 is -2.56. The second-order valence-corrected chi connectivity index (χ2v) is 15.6. The third-order valence-electron chi connectivity index (χ3n) is 5.15. The summed E-state index contributed by atoms with van der Waals surface area (Å²) in [6, 6.07) is 23.6. The van der Waals surface area contributed by atoms with Gasteiger partial charge >= 0.3 is 171 Å². The quantitative estimate of drug-likeness (QED) is 0.382. The second kappa shape index (κ2) is 7.47. The van der Waals surface area contributed by atoms with Crippen LogP contribution >= 0.6 is 17.0 Å². The Morgan fingerprint density at radius 3 is 2.15 bits per heavy atom. The van der Waals surface area contributed by atoms with Crippen molar-refractivity contribution < 1.29 is 19.4 Å². The van der Waals surface area contributed by atoms with Gasteiger partial charge in [-0.3, -0.25) is 0 Å². The van der Waals surface area contributed by atoms with Crippen LogP contribution in [0.3, 0.4) is 0 Å². The Morgan fingerprint density at radius 2 is 1.46 bits per heavy atom. The van der Waals surface area contributed by atoms with Crippen LogP contribution in [0.2, 0.25) is 0 Å². The van der Waals surface area contributed by atoms with Gasteiger partial charge in [-0.15, -0.1) is 0 Å². The number of allylic oxidation sites excluding steroid dienone is 1. The summed E-state index contributed by atoms with van der Waals surface area (Å²) in [6.07, 6.45) is 2.33. The molecule has 3 heteroatoms. The van der Waals surface area contributed by atoms with E-state index in [0.29, 0.717) is 0 Å². The van der Waals surface area contributed by atoms with E-state index in [1.807, 2.05) is 6.07 Å². The van der Waals surface area contributed by atoms with Crippen molar-refractivity contribution >= 4 is 28.7 Å². The molecule has 0 radical (unpaired) electrons. The Bertz CT molecular complexity index is 990. The average Bonchev–Trinajstić information content (AvgIpc) is 3.03. The molecule has 0 N–H and O–H groups in total. The molecule has 0 aromatic heterocycles. The van der Waals surface area contributed by atoms with Crippen molar-refractivity contribution in [2.75, 3.05) is 0 Å². The molecule has 0 saturated heterocycles. The first-order valence-electron chi connectivity index (χ1n) is 8.72. The van der Waals surface area contributed by atoms with Gasteiger partial charge in [0.05, 0.1) is 0 Å². The van der Waals surface area contributed by atoms with Gasteiger partial charge in [-0.2, -0.15) is 0 Å². The predicted octanol–water partition coefficient (Wildman–Crippen LogP) is 7.49. The van der Waals surface area contributed by atoms with Crippen molar-refractivity contribution in [2.24, 2.45) is 0 Å². The van der Waals surface area contributed by atoms with E-state index in [9.17, 15) is 0 Å². The molecular weight excluding hydrogens is 438 g/mol. The summed E-state index contributed by atoms with van der Waals surface area (Å²) in [7, 11) is 13.3. The Morgan fingerprint density at radius 1 is 0.769 bits per heavy atom. The molecule has 0 spiro atoms. The fraction of sp³-hybridized carbons (Fsp3) is 0.130. The zero-order chi connectivity index (χ0) is 18.3. The number of fused-ring (bicyclic) bond motifs is 1. The molecule has 1 atom stereocenters. The number of hydrogen-bond donors (Lipinski definition) is 0. The monoisotopic (exact) mass is 455 g/mol. The summed E-state index contributed by atoms with van der Waals surface area (Å²) in [5.74, 6) is 0. The maximum absolute atomic E-state index is 6.65. The van der Waals surface area contributed by atoms with Crippen molar-refractivity contribution in [1.82, 2.24) is 0 Å². The van der Waals surface area contributed by atoms with E-state index in [1.54, 1.807) is 0 Å². The summed E-state index contributed by atoms with van der Waals surface area (Å²) in [5, 5.41) is 0. The van der Waals surface area contributed by atoms with Crippen LogP contribution in [0, 0.1) is 13.8 Å². The average molecular weight is 458 g/mol. The third kappa shape index (κ3) is 3.15. The van der Waals surface area contributed by atoms with Gasteiger partial charge in [-0.05, 0) is 0 Å². The van der Waals surface area contributed by atoms with E-state index >= 15 is 0 Å². The Balaban J connectivity index is 1.98. The Kier molecular flexibility index (Phi) is 5.24. The van der Waals surface area contributed by atoms with Crippen molar-refractivity contribution in [3.63, 3.8) is 0 Å². The third-order valence-corrected chi connectivity index (χ3v) is 10.3. The molecule has 0 heterocycles. The van der Waals surface area contributed by atoms with Crippen LogP contribution in [-0.2, 0) is 19.4 Å². The number of hydrogen-bond acceptors (Lipinski definition) is 0. The topological polar surface area (TPSA) is 0 Å². The first-order valence-corrected chi connectivity index (χ1v) is 16.5. The summed E-state index contributed by atoms with van der Waals surface area (Å²) < 4.78 is 0.182. The first kappa shape index (κ1) is 18.2. The molecule has 0 fully saturated rings. The van der Waals surface area contributed by atoms with Crippen LogP contribution in [0.4, 0.5) is 0 Å². The van der Waals surface area contributed by atoms with Crippen LogP contribution in [0.1, 0.15) is 31.4 Å². The van der Waals surface area contributed by atoms with E-state index in [1.165, 1.54) is 44.5 Å². The molecule has 0 nitrogen and oxygen atoms in total. The van der Waals surface area contributed by atoms with Crippen molar-refractivity contribution in [2.45, 2.75) is 17.5 Å². The standard InChI is InChI=1S/C23H19.2ClH.Zr/c1-16-8-6-7-11-21(16)23-17(2)12-13-19-14-20(15-22(19)23)18-9-4-3-5-10-18;;;/h3-15H,1-2H3;2*1H;/q;;;+2/p-2. The van der Waals surface area contributed by atoms with Crippen LogP contribution in [0.25, 0.3) is 22.8 Å². The van der Waals surface area contributed by atoms with E-state index in [0.717, 1.165) is 0 Å². The maximum atomic E-state index is 6.65. The summed E-state index contributed by atoms with van der Waals surface area (Å²) in [5.41, 5.74) is 10.3. The molecule has 0 bridgehead atoms. The SMILES string of the molecule is Cc1ccccc1-c1c(C)ccc2c1C=C(c1ccccc1)[CH]2[Zr]([Cl])[Cl]. The van der Waals surface area contributed by atoms with Gasteiger partial charge in [-0.25, -0.2) is 0 Å². The molecule has 3 aromatic rings. The molecule has 0 saturated carbocycles. The molecule has 3 aromatic carbocycles. The normalized spacial score (nSPS) is 15.5. The van der Waals surface area contributed by atoms with Gasteiger partial charge < -0.3 is 0 Å². The second-order valence-electron chi connectivity index (χ2n) is 6.76. The van der Waals surface area contributed by atoms with E-state index in [4.69, 9.17) is 17.0 Å². The fourth-order valence-electron chi connectivity index (χ4n) is 3.88. The molecule has 1 aliphatic carbocycles. The molecule has 1 aliphatic rings. The Hall–Kier alpha value is -1.14. The number of halogens is 2. The summed E-state index contributed by atoms with van der Waals surface area (Å²) in [6.45, 7) is 4.36. The van der Waals surface area contributed by atoms with Gasteiger partial charge in [0.25, 0.3) is 0 Å². The summed E-state index contributed by atoms with van der Waals surface area (Å²) in [4.78, 5) is 0. The molecule has 1 unspecified atom stereocenters. The predicted molar refractivity (Wildman–Crippen MR) is 110 cm³/mol. The molecule has 129 valence electrons. The first-order chi connectivity index (χ1) is 12.6. The number of aryl methyl sites for hydroxylation is 2. The molecule has 0 amide bonds. The number of rotatable bonds is 3. The van der Waals surface area contributed by atoms with Crippen LogP contribution < -0.4 is 0 Å². The Labute approximate surface area is 170 Å². The minimum absolute atomic E-state index is 0.182. The molecule has 4 rings (SSSR count). The minimum atomic E-state index is -2.56. The van der Waals surface area contributed by atoms with Gasteiger partial charge in [0, 0.05) is 0 Å². The zero-order valence-corrected chi connectivity index (χ0v) is 18.7. The van der Waals surface area contributed by atoms with Gasteiger partial charge in [0.1, 0.15) is 0 Å². The van der Waals surface area contributed by atoms with Crippen molar-refractivity contribution in [3.8, 4) is 11.1 Å². The number of benzene rings is 3. The zero-order valence-electron chi connectivity index (χ0n) is 14.8. The molecular formula is C23H19Cl2Zr. The van der Waals surface area contributed by atoms with Crippen LogP contribution in [-0.4, -0.2) is 0 Å². The van der Waals surface area contributed by atoms with Crippen molar-refractivity contribution in [1.29, 1.82) is 0 Å². The van der Waals surface area contributed by atoms with Gasteiger partial charge in [0.2, 0.25) is 0 Å². The van der Waals surface area contributed by atoms with Crippen LogP contribution in [0.5, 0.6) is 0 Å². The van der Waals surface area contributed by atoms with Gasteiger partial charge in [-0.1, -0.05) is 0 Å². The fourth-order valence-corrected chi connectivity index (χ4v) is 9.06. The van der Waals surface area contributed by atoms with Gasteiger partial charge in [0.15, 0.2) is 0 Å². The van der Waals surface area contributed by atoms with E-state index < -0.39 is 19.4 Å². The molecule has 0 aliphatic heterocycles. The van der Waals surface area contributed by atoms with Crippen molar-refractivity contribution in [3.05, 3.63) is 94.5 Å².